The van der Waals surface area contributed by atoms with Crippen LogP contribution in [-0.2, 0) is 4.79 Å². The lowest BCUT2D eigenvalue weighted by molar-refractivity contribution is -0.132. The van der Waals surface area contributed by atoms with Crippen LogP contribution in [0.25, 0.3) is 24.3 Å². The highest BCUT2D eigenvalue weighted by Gasteiger charge is 2.07. The van der Waals surface area contributed by atoms with Gasteiger partial charge in [-0.2, -0.15) is 0 Å². The van der Waals surface area contributed by atoms with Crippen LogP contribution in [-0.4, -0.2) is 11.1 Å². The molecule has 0 aliphatic carbocycles. The first-order chi connectivity index (χ1) is 8.54. The third-order valence-corrected chi connectivity index (χ3v) is 2.69. The molecule has 0 fully saturated rings. The Kier molecular flexibility index (Phi) is 4.44. The zero-order valence-electron chi connectivity index (χ0n) is 10.4. The maximum absolute atomic E-state index is 10.9. The molecule has 92 valence electrons. The smallest absolute Gasteiger partial charge is 0.331 e. The Balaban J connectivity index is 3.52. The zero-order chi connectivity index (χ0) is 13.7. The molecule has 0 atom stereocenters. The second-order valence-corrected chi connectivity index (χ2v) is 3.82. The molecule has 1 N–H and O–H groups in total. The Hall–Kier alpha value is -2.35. The third-order valence-electron chi connectivity index (χ3n) is 2.69. The van der Waals surface area contributed by atoms with Gasteiger partial charge in [0.1, 0.15) is 0 Å². The van der Waals surface area contributed by atoms with Crippen LogP contribution in [0.2, 0.25) is 0 Å². The second kappa shape index (κ2) is 5.82. The van der Waals surface area contributed by atoms with Crippen LogP contribution in [0.4, 0.5) is 0 Å². The molecule has 0 saturated carbocycles. The van der Waals surface area contributed by atoms with Crippen molar-refractivity contribution in [2.45, 2.75) is 6.92 Å². The molecule has 0 amide bonds. The quantitative estimate of drug-likeness (QED) is 0.786. The minimum Gasteiger partial charge on any atom is -0.478 e. The Morgan fingerprint density at radius 1 is 1.06 bits per heavy atom. The van der Waals surface area contributed by atoms with Crippen LogP contribution >= 0.6 is 0 Å². The first-order valence-corrected chi connectivity index (χ1v) is 5.51. The van der Waals surface area contributed by atoms with E-state index in [2.05, 4.69) is 19.7 Å². The summed E-state index contributed by atoms with van der Waals surface area (Å²) in [6.45, 7) is 12.8. The average molecular weight is 240 g/mol. The number of hydrogen-bond acceptors (Lipinski definition) is 1. The number of rotatable bonds is 5. The fraction of sp³-hybridized carbons (Fsp3) is 0.0625. The summed E-state index contributed by atoms with van der Waals surface area (Å²) in [7, 11) is 0. The van der Waals surface area contributed by atoms with E-state index in [-0.39, 0.29) is 5.57 Å². The SMILES string of the molecule is C=Cc1ccc(C=C(C)C(=O)O)c(C=C)c1C=C. The predicted molar refractivity (Wildman–Crippen MR) is 78.0 cm³/mol. The Bertz CT molecular complexity index is 548. The topological polar surface area (TPSA) is 37.3 Å². The molecule has 1 rings (SSSR count). The average Bonchev–Trinajstić information content (AvgIpc) is 2.37. The number of benzene rings is 1. The van der Waals surface area contributed by atoms with Crippen molar-refractivity contribution in [1.29, 1.82) is 0 Å². The van der Waals surface area contributed by atoms with Gasteiger partial charge >= 0.3 is 5.97 Å². The molecule has 0 saturated heterocycles. The number of carbonyl (C=O) groups is 1. The van der Waals surface area contributed by atoms with E-state index < -0.39 is 5.97 Å². The summed E-state index contributed by atoms with van der Waals surface area (Å²) in [5, 5.41) is 8.90. The largest absolute Gasteiger partial charge is 0.478 e. The molecule has 0 radical (unpaired) electrons. The number of carboxylic acids is 1. The Morgan fingerprint density at radius 2 is 1.56 bits per heavy atom. The number of carboxylic acid groups (broad SMARTS) is 1. The van der Waals surface area contributed by atoms with Crippen molar-refractivity contribution in [3.63, 3.8) is 0 Å². The van der Waals surface area contributed by atoms with Crippen LogP contribution in [0.5, 0.6) is 0 Å². The maximum atomic E-state index is 10.9. The molecule has 1 aromatic carbocycles. The maximum Gasteiger partial charge on any atom is 0.331 e. The molecule has 0 heterocycles. The van der Waals surface area contributed by atoms with Crippen molar-refractivity contribution in [2.24, 2.45) is 0 Å². The van der Waals surface area contributed by atoms with E-state index in [1.54, 1.807) is 31.2 Å². The lowest BCUT2D eigenvalue weighted by Gasteiger charge is -2.10. The van der Waals surface area contributed by atoms with Gasteiger partial charge in [-0.25, -0.2) is 4.79 Å². The molecule has 2 nitrogen and oxygen atoms in total. The number of aliphatic carboxylic acids is 1. The highest BCUT2D eigenvalue weighted by Crippen LogP contribution is 2.24. The zero-order valence-corrected chi connectivity index (χ0v) is 10.4. The van der Waals surface area contributed by atoms with Gasteiger partial charge in [0.2, 0.25) is 0 Å². The first kappa shape index (κ1) is 13.7. The fourth-order valence-corrected chi connectivity index (χ4v) is 1.72. The summed E-state index contributed by atoms with van der Waals surface area (Å²) in [4.78, 5) is 10.9. The highest BCUT2D eigenvalue weighted by atomic mass is 16.4. The molecule has 0 aliphatic rings. The summed E-state index contributed by atoms with van der Waals surface area (Å²) in [5.41, 5.74) is 3.81. The Morgan fingerprint density at radius 3 is 2.00 bits per heavy atom. The van der Waals surface area contributed by atoms with Crippen LogP contribution < -0.4 is 0 Å². The minimum atomic E-state index is -0.932. The minimum absolute atomic E-state index is 0.277. The van der Waals surface area contributed by atoms with Crippen molar-refractivity contribution in [3.05, 3.63) is 59.7 Å². The summed E-state index contributed by atoms with van der Waals surface area (Å²) in [6, 6.07) is 3.74. The molecule has 1 aromatic rings. The summed E-state index contributed by atoms with van der Waals surface area (Å²) in [5.74, 6) is -0.932. The Labute approximate surface area is 107 Å². The highest BCUT2D eigenvalue weighted by molar-refractivity contribution is 5.93. The molecule has 0 bridgehead atoms. The van der Waals surface area contributed by atoms with Crippen LogP contribution in [0.1, 0.15) is 29.2 Å². The molecule has 2 heteroatoms. The van der Waals surface area contributed by atoms with Gasteiger partial charge in [0.25, 0.3) is 0 Å². The molecule has 0 aliphatic heterocycles. The van der Waals surface area contributed by atoms with E-state index in [1.807, 2.05) is 12.1 Å². The lowest BCUT2D eigenvalue weighted by Crippen LogP contribution is -1.97. The monoisotopic (exact) mass is 240 g/mol. The van der Waals surface area contributed by atoms with Gasteiger partial charge in [0.15, 0.2) is 0 Å². The van der Waals surface area contributed by atoms with E-state index in [4.69, 9.17) is 5.11 Å². The van der Waals surface area contributed by atoms with Gasteiger partial charge in [-0.05, 0) is 35.3 Å². The second-order valence-electron chi connectivity index (χ2n) is 3.82. The standard InChI is InChI=1S/C16H16O2/c1-5-12-8-9-13(10-11(4)16(17)18)15(7-3)14(12)6-2/h5-10H,1-3H2,4H3,(H,17,18). The van der Waals surface area contributed by atoms with E-state index in [0.29, 0.717) is 0 Å². The van der Waals surface area contributed by atoms with E-state index >= 15 is 0 Å². The third kappa shape index (κ3) is 2.66. The van der Waals surface area contributed by atoms with Crippen LogP contribution in [0.15, 0.2) is 37.4 Å². The van der Waals surface area contributed by atoms with Gasteiger partial charge in [-0.15, -0.1) is 0 Å². The van der Waals surface area contributed by atoms with Crippen molar-refractivity contribution >= 4 is 30.3 Å². The molecule has 0 spiro atoms. The first-order valence-electron chi connectivity index (χ1n) is 5.51. The number of hydrogen-bond donors (Lipinski definition) is 1. The summed E-state index contributed by atoms with van der Waals surface area (Å²) < 4.78 is 0. The lowest BCUT2D eigenvalue weighted by atomic mass is 9.94. The van der Waals surface area contributed by atoms with Gasteiger partial charge in [0, 0.05) is 5.57 Å². The molecule has 0 unspecified atom stereocenters. The van der Waals surface area contributed by atoms with Crippen molar-refractivity contribution in [3.8, 4) is 0 Å². The van der Waals surface area contributed by atoms with Gasteiger partial charge < -0.3 is 5.11 Å². The molecule has 0 aromatic heterocycles. The normalized spacial score (nSPS) is 10.8. The van der Waals surface area contributed by atoms with Crippen molar-refractivity contribution in [2.75, 3.05) is 0 Å². The van der Waals surface area contributed by atoms with Gasteiger partial charge in [0.05, 0.1) is 0 Å². The van der Waals surface area contributed by atoms with E-state index in [1.165, 1.54) is 0 Å². The van der Waals surface area contributed by atoms with E-state index in [0.717, 1.165) is 22.3 Å². The summed E-state index contributed by atoms with van der Waals surface area (Å²) in [6.07, 6.45) is 6.78. The van der Waals surface area contributed by atoms with Crippen molar-refractivity contribution < 1.29 is 9.90 Å². The van der Waals surface area contributed by atoms with Crippen LogP contribution in [0.3, 0.4) is 0 Å². The van der Waals surface area contributed by atoms with Gasteiger partial charge in [-0.3, -0.25) is 0 Å². The molecule has 18 heavy (non-hydrogen) atoms. The van der Waals surface area contributed by atoms with E-state index in [9.17, 15) is 4.79 Å². The fourth-order valence-electron chi connectivity index (χ4n) is 1.72. The van der Waals surface area contributed by atoms with Crippen molar-refractivity contribution in [1.82, 2.24) is 0 Å². The summed E-state index contributed by atoms with van der Waals surface area (Å²) >= 11 is 0. The van der Waals surface area contributed by atoms with Gasteiger partial charge in [-0.1, -0.05) is 50.1 Å². The molecular weight excluding hydrogens is 224 g/mol. The predicted octanol–water partition coefficient (Wildman–Crippen LogP) is 4.10. The van der Waals surface area contributed by atoms with Crippen LogP contribution in [0, 0.1) is 0 Å². The molecular formula is C16H16O2.